The highest BCUT2D eigenvalue weighted by Crippen LogP contribution is 2.28. The molecule has 0 saturated heterocycles. The van der Waals surface area contributed by atoms with Gasteiger partial charge in [-0.05, 0) is 24.3 Å². The van der Waals surface area contributed by atoms with Crippen LogP contribution in [0.25, 0.3) is 0 Å². The van der Waals surface area contributed by atoms with Crippen LogP contribution >= 0.6 is 22.9 Å². The highest BCUT2D eigenvalue weighted by Gasteiger charge is 2.18. The first-order chi connectivity index (χ1) is 9.31. The number of fused-ring (bicyclic) bond motifs is 1. The molecule has 1 aromatic carbocycles. The van der Waals surface area contributed by atoms with Gasteiger partial charge in [-0.3, -0.25) is 0 Å². The monoisotopic (exact) mass is 294 g/mol. The minimum Gasteiger partial charge on any atom is -0.485 e. The van der Waals surface area contributed by atoms with E-state index in [2.05, 4.69) is 16.7 Å². The summed E-state index contributed by atoms with van der Waals surface area (Å²) in [5.41, 5.74) is 1.07. The van der Waals surface area contributed by atoms with E-state index < -0.39 is 0 Å². The molecular weight excluding hydrogens is 280 g/mol. The fourth-order valence-electron chi connectivity index (χ4n) is 2.08. The number of rotatable bonds is 4. The zero-order valence-electron chi connectivity index (χ0n) is 10.4. The second-order valence-corrected chi connectivity index (χ2v) is 6.25. The molecule has 2 heterocycles. The molecule has 0 bridgehead atoms. The van der Waals surface area contributed by atoms with Gasteiger partial charge in [0.05, 0.1) is 16.6 Å². The Labute approximate surface area is 121 Å². The van der Waals surface area contributed by atoms with Crippen molar-refractivity contribution in [2.45, 2.75) is 12.6 Å². The Morgan fingerprint density at radius 2 is 2.21 bits per heavy atom. The summed E-state index contributed by atoms with van der Waals surface area (Å²) < 4.78 is 6.76. The lowest BCUT2D eigenvalue weighted by Crippen LogP contribution is -2.39. The molecule has 3 rings (SSSR count). The van der Waals surface area contributed by atoms with Gasteiger partial charge in [-0.2, -0.15) is 0 Å². The molecule has 0 radical (unpaired) electrons. The summed E-state index contributed by atoms with van der Waals surface area (Å²) in [4.78, 5) is 1.24. The molecule has 1 aliphatic heterocycles. The van der Waals surface area contributed by atoms with Crippen LogP contribution in [0.2, 0.25) is 4.34 Å². The van der Waals surface area contributed by atoms with Crippen LogP contribution < -0.4 is 15.4 Å². The maximum absolute atomic E-state index is 5.93. The Bertz CT molecular complexity index is 558. The number of hydrogen-bond acceptors (Lipinski definition) is 4. The van der Waals surface area contributed by atoms with Gasteiger partial charge in [-0.25, -0.2) is 0 Å². The number of anilines is 1. The second kappa shape index (κ2) is 5.82. The molecule has 0 fully saturated rings. The molecule has 1 unspecified atom stereocenters. The van der Waals surface area contributed by atoms with E-state index >= 15 is 0 Å². The fraction of sp³-hybridized carbons (Fsp3) is 0.286. The van der Waals surface area contributed by atoms with Gasteiger partial charge < -0.3 is 15.4 Å². The van der Waals surface area contributed by atoms with Crippen molar-refractivity contribution in [3.63, 3.8) is 0 Å². The first kappa shape index (κ1) is 12.8. The van der Waals surface area contributed by atoms with Crippen molar-refractivity contribution in [1.82, 2.24) is 5.32 Å². The number of nitrogens with one attached hydrogen (secondary N) is 2. The van der Waals surface area contributed by atoms with Crippen molar-refractivity contribution in [3.8, 4) is 5.75 Å². The summed E-state index contributed by atoms with van der Waals surface area (Å²) >= 11 is 7.51. The Balaban J connectivity index is 1.50. The highest BCUT2D eigenvalue weighted by molar-refractivity contribution is 7.16. The molecule has 5 heteroatoms. The van der Waals surface area contributed by atoms with E-state index in [9.17, 15) is 0 Å². The van der Waals surface area contributed by atoms with Gasteiger partial charge in [0, 0.05) is 18.0 Å². The van der Waals surface area contributed by atoms with Gasteiger partial charge in [-0.1, -0.05) is 23.7 Å². The van der Waals surface area contributed by atoms with Crippen LogP contribution in [-0.4, -0.2) is 19.2 Å². The smallest absolute Gasteiger partial charge is 0.142 e. The molecule has 2 N–H and O–H groups in total. The molecule has 1 aromatic heterocycles. The molecule has 0 aliphatic carbocycles. The molecule has 100 valence electrons. The van der Waals surface area contributed by atoms with Gasteiger partial charge >= 0.3 is 0 Å². The Hall–Kier alpha value is -1.23. The summed E-state index contributed by atoms with van der Waals surface area (Å²) in [6.45, 7) is 2.48. The van der Waals surface area contributed by atoms with Crippen molar-refractivity contribution in [1.29, 1.82) is 0 Å². The maximum atomic E-state index is 5.93. The lowest BCUT2D eigenvalue weighted by Gasteiger charge is -2.27. The van der Waals surface area contributed by atoms with Crippen molar-refractivity contribution in [2.24, 2.45) is 0 Å². The quantitative estimate of drug-likeness (QED) is 0.907. The third kappa shape index (κ3) is 3.21. The van der Waals surface area contributed by atoms with Crippen molar-refractivity contribution >= 4 is 28.6 Å². The maximum Gasteiger partial charge on any atom is 0.142 e. The largest absolute Gasteiger partial charge is 0.485 e. The van der Waals surface area contributed by atoms with Gasteiger partial charge in [0.2, 0.25) is 0 Å². The SMILES string of the molecule is Clc1ccc(CNCC2CNc3ccccc3O2)s1. The van der Waals surface area contributed by atoms with E-state index in [4.69, 9.17) is 16.3 Å². The molecule has 19 heavy (non-hydrogen) atoms. The lowest BCUT2D eigenvalue weighted by atomic mass is 10.2. The summed E-state index contributed by atoms with van der Waals surface area (Å²) in [7, 11) is 0. The Morgan fingerprint density at radius 1 is 1.32 bits per heavy atom. The van der Waals surface area contributed by atoms with Crippen molar-refractivity contribution in [3.05, 3.63) is 45.6 Å². The summed E-state index contributed by atoms with van der Waals surface area (Å²) in [6.07, 6.45) is 0.158. The van der Waals surface area contributed by atoms with Crippen molar-refractivity contribution in [2.75, 3.05) is 18.4 Å². The number of thiophene rings is 1. The third-order valence-corrected chi connectivity index (χ3v) is 4.23. The first-order valence-electron chi connectivity index (χ1n) is 6.26. The molecular formula is C14H15ClN2OS. The Kier molecular flexibility index (Phi) is 3.92. The van der Waals surface area contributed by atoms with E-state index in [1.807, 2.05) is 30.3 Å². The van der Waals surface area contributed by atoms with Gasteiger partial charge in [-0.15, -0.1) is 11.3 Å². The predicted octanol–water partition coefficient (Wildman–Crippen LogP) is 3.36. The molecule has 3 nitrogen and oxygen atoms in total. The third-order valence-electron chi connectivity index (χ3n) is 3.00. The van der Waals surface area contributed by atoms with E-state index in [1.165, 1.54) is 4.88 Å². The van der Waals surface area contributed by atoms with E-state index in [0.717, 1.165) is 35.4 Å². The molecule has 0 amide bonds. The van der Waals surface area contributed by atoms with Gasteiger partial charge in [0.1, 0.15) is 11.9 Å². The zero-order chi connectivity index (χ0) is 13.1. The van der Waals surface area contributed by atoms with Crippen LogP contribution in [0.5, 0.6) is 5.75 Å². The number of hydrogen-bond donors (Lipinski definition) is 2. The summed E-state index contributed by atoms with van der Waals surface area (Å²) in [6, 6.07) is 12.0. The van der Waals surface area contributed by atoms with Crippen LogP contribution in [0.4, 0.5) is 5.69 Å². The topological polar surface area (TPSA) is 33.3 Å². The van der Waals surface area contributed by atoms with E-state index in [1.54, 1.807) is 11.3 Å². The number of ether oxygens (including phenoxy) is 1. The minimum atomic E-state index is 0.158. The van der Waals surface area contributed by atoms with E-state index in [0.29, 0.717) is 0 Å². The van der Waals surface area contributed by atoms with Crippen LogP contribution in [0, 0.1) is 0 Å². The number of benzene rings is 1. The molecule has 0 saturated carbocycles. The molecule has 0 spiro atoms. The van der Waals surface area contributed by atoms with Crippen LogP contribution in [0.3, 0.4) is 0 Å². The lowest BCUT2D eigenvalue weighted by molar-refractivity contribution is 0.202. The molecule has 2 aromatic rings. The average molecular weight is 295 g/mol. The van der Waals surface area contributed by atoms with Gasteiger partial charge in [0.25, 0.3) is 0 Å². The second-order valence-electron chi connectivity index (χ2n) is 4.45. The molecule has 1 atom stereocenters. The molecule has 1 aliphatic rings. The fourth-order valence-corrected chi connectivity index (χ4v) is 3.13. The first-order valence-corrected chi connectivity index (χ1v) is 7.45. The summed E-state index contributed by atoms with van der Waals surface area (Å²) in [5.74, 6) is 0.930. The standard InChI is InChI=1S/C14H15ClN2OS/c15-14-6-5-11(19-14)9-16-7-10-8-17-12-3-1-2-4-13(12)18-10/h1-6,10,16-17H,7-9H2. The summed E-state index contributed by atoms with van der Waals surface area (Å²) in [5, 5.41) is 6.78. The normalized spacial score (nSPS) is 17.4. The minimum absolute atomic E-state index is 0.158. The average Bonchev–Trinajstić information content (AvgIpc) is 2.84. The van der Waals surface area contributed by atoms with E-state index in [-0.39, 0.29) is 6.10 Å². The highest BCUT2D eigenvalue weighted by atomic mass is 35.5. The number of para-hydroxylation sites is 2. The Morgan fingerprint density at radius 3 is 3.05 bits per heavy atom. The van der Waals surface area contributed by atoms with Crippen molar-refractivity contribution < 1.29 is 4.74 Å². The predicted molar refractivity (Wildman–Crippen MR) is 80.4 cm³/mol. The van der Waals surface area contributed by atoms with Crippen LogP contribution in [0.15, 0.2) is 36.4 Å². The van der Waals surface area contributed by atoms with Crippen LogP contribution in [0.1, 0.15) is 4.88 Å². The zero-order valence-corrected chi connectivity index (χ0v) is 11.9. The number of halogens is 1. The van der Waals surface area contributed by atoms with Gasteiger partial charge in [0.15, 0.2) is 0 Å². The van der Waals surface area contributed by atoms with Crippen LogP contribution in [-0.2, 0) is 6.54 Å².